The molecule has 1 saturated heterocycles. The molecule has 2 fully saturated rings. The van der Waals surface area contributed by atoms with E-state index < -0.39 is 0 Å². The molecule has 2 aliphatic rings. The van der Waals surface area contributed by atoms with Gasteiger partial charge in [-0.05, 0) is 43.4 Å². The highest BCUT2D eigenvalue weighted by atomic mass is 79.9. The van der Waals surface area contributed by atoms with Crippen molar-refractivity contribution in [1.29, 1.82) is 0 Å². The minimum absolute atomic E-state index is 0.0749. The molecule has 1 aromatic rings. The van der Waals surface area contributed by atoms with Crippen molar-refractivity contribution in [2.24, 2.45) is 5.92 Å². The number of benzene rings is 1. The van der Waals surface area contributed by atoms with Crippen LogP contribution in [0.1, 0.15) is 29.6 Å². The summed E-state index contributed by atoms with van der Waals surface area (Å²) in [5.74, 6) is 0.564. The van der Waals surface area contributed by atoms with Gasteiger partial charge in [0.05, 0.1) is 12.1 Å². The Hall–Kier alpha value is -1.07. The van der Waals surface area contributed by atoms with Gasteiger partial charge in [-0.25, -0.2) is 0 Å². The van der Waals surface area contributed by atoms with E-state index in [1.54, 1.807) is 18.2 Å². The Morgan fingerprint density at radius 1 is 1.32 bits per heavy atom. The number of amides is 1. The van der Waals surface area contributed by atoms with Crippen molar-refractivity contribution in [1.82, 2.24) is 5.32 Å². The zero-order valence-corrected chi connectivity index (χ0v) is 12.2. The molecule has 1 saturated carbocycles. The number of halogens is 1. The van der Waals surface area contributed by atoms with Crippen LogP contribution in [0.5, 0.6) is 0 Å². The Morgan fingerprint density at radius 3 is 2.79 bits per heavy atom. The highest BCUT2D eigenvalue weighted by molar-refractivity contribution is 9.10. The molecule has 2 unspecified atom stereocenters. The van der Waals surface area contributed by atoms with Gasteiger partial charge in [0, 0.05) is 22.3 Å². The summed E-state index contributed by atoms with van der Waals surface area (Å²) >= 11 is 3.35. The van der Waals surface area contributed by atoms with Crippen LogP contribution in [-0.2, 0) is 4.74 Å². The molecule has 0 bridgehead atoms. The Balaban J connectivity index is 1.70. The number of anilines is 1. The van der Waals surface area contributed by atoms with Gasteiger partial charge in [-0.3, -0.25) is 4.79 Å². The number of nitrogens with two attached hydrogens (primary N) is 1. The highest BCUT2D eigenvalue weighted by Crippen LogP contribution is 2.38. The lowest BCUT2D eigenvalue weighted by Crippen LogP contribution is -2.41. The third-order valence-corrected chi connectivity index (χ3v) is 4.18. The summed E-state index contributed by atoms with van der Waals surface area (Å²) in [6.45, 7) is 0.743. The lowest BCUT2D eigenvalue weighted by atomic mass is 10.1. The quantitative estimate of drug-likeness (QED) is 0.839. The van der Waals surface area contributed by atoms with Gasteiger partial charge in [-0.2, -0.15) is 0 Å². The summed E-state index contributed by atoms with van der Waals surface area (Å²) in [4.78, 5) is 12.3. The van der Waals surface area contributed by atoms with E-state index in [0.717, 1.165) is 17.5 Å². The van der Waals surface area contributed by atoms with Gasteiger partial charge in [0.2, 0.25) is 0 Å². The van der Waals surface area contributed by atoms with Crippen molar-refractivity contribution >= 4 is 27.5 Å². The Kier molecular flexibility index (Phi) is 3.50. The number of carbonyl (C=O) groups is 1. The summed E-state index contributed by atoms with van der Waals surface area (Å²) in [5, 5.41) is 3.08. The maximum Gasteiger partial charge on any atom is 0.251 e. The van der Waals surface area contributed by atoms with E-state index in [1.807, 2.05) is 0 Å². The highest BCUT2D eigenvalue weighted by Gasteiger charge is 2.41. The molecular formula is C14H17BrN2O2. The first kappa shape index (κ1) is 12.9. The molecule has 1 aromatic carbocycles. The molecule has 1 amide bonds. The van der Waals surface area contributed by atoms with Crippen LogP contribution in [-0.4, -0.2) is 24.7 Å². The van der Waals surface area contributed by atoms with Gasteiger partial charge in [-0.15, -0.1) is 0 Å². The number of hydrogen-bond acceptors (Lipinski definition) is 3. The predicted octanol–water partition coefficient (Wildman–Crippen LogP) is 2.33. The second-order valence-electron chi connectivity index (χ2n) is 5.31. The van der Waals surface area contributed by atoms with Crippen molar-refractivity contribution in [2.75, 3.05) is 12.3 Å². The number of ether oxygens (including phenoxy) is 1. The lowest BCUT2D eigenvalue weighted by molar-refractivity contribution is 0.0729. The molecule has 1 aliphatic carbocycles. The summed E-state index contributed by atoms with van der Waals surface area (Å²) < 4.78 is 6.54. The number of nitrogens with one attached hydrogen (secondary N) is 1. The third-order valence-electron chi connectivity index (χ3n) is 3.72. The van der Waals surface area contributed by atoms with E-state index in [9.17, 15) is 4.79 Å². The Labute approximate surface area is 120 Å². The van der Waals surface area contributed by atoms with Gasteiger partial charge < -0.3 is 15.8 Å². The van der Waals surface area contributed by atoms with Crippen LogP contribution >= 0.6 is 15.9 Å². The maximum atomic E-state index is 12.3. The molecule has 102 valence electrons. The van der Waals surface area contributed by atoms with Gasteiger partial charge >= 0.3 is 0 Å². The number of carbonyl (C=O) groups excluding carboxylic acids is 1. The van der Waals surface area contributed by atoms with E-state index in [2.05, 4.69) is 21.2 Å². The van der Waals surface area contributed by atoms with E-state index in [4.69, 9.17) is 10.5 Å². The van der Waals surface area contributed by atoms with E-state index in [-0.39, 0.29) is 18.1 Å². The maximum absolute atomic E-state index is 12.3. The van der Waals surface area contributed by atoms with Gasteiger partial charge in [0.15, 0.2) is 0 Å². The zero-order chi connectivity index (χ0) is 13.4. The van der Waals surface area contributed by atoms with Crippen molar-refractivity contribution in [3.05, 3.63) is 28.2 Å². The molecule has 3 N–H and O–H groups in total. The minimum Gasteiger partial charge on any atom is -0.399 e. The SMILES string of the molecule is Nc1cc(Br)cc(C(=O)NC2CCOC2C2CC2)c1. The van der Waals surface area contributed by atoms with Crippen LogP contribution in [0, 0.1) is 5.92 Å². The van der Waals surface area contributed by atoms with E-state index >= 15 is 0 Å². The summed E-state index contributed by atoms with van der Waals surface area (Å²) in [6.07, 6.45) is 3.55. The number of nitrogen functional groups attached to an aromatic ring is 1. The minimum atomic E-state index is -0.0749. The van der Waals surface area contributed by atoms with Crippen LogP contribution in [0.25, 0.3) is 0 Å². The first-order chi connectivity index (χ1) is 9.13. The Morgan fingerprint density at radius 2 is 2.11 bits per heavy atom. The van der Waals surface area contributed by atoms with Crippen LogP contribution in [0.15, 0.2) is 22.7 Å². The smallest absolute Gasteiger partial charge is 0.251 e. The average Bonchev–Trinajstić information content (AvgIpc) is 3.09. The van der Waals surface area contributed by atoms with Crippen molar-refractivity contribution in [3.63, 3.8) is 0 Å². The lowest BCUT2D eigenvalue weighted by Gasteiger charge is -2.19. The van der Waals surface area contributed by atoms with Gasteiger partial charge in [-0.1, -0.05) is 15.9 Å². The van der Waals surface area contributed by atoms with Crippen LogP contribution in [0.4, 0.5) is 5.69 Å². The summed E-state index contributed by atoms with van der Waals surface area (Å²) in [7, 11) is 0. The molecule has 0 spiro atoms. The van der Waals surface area contributed by atoms with E-state index in [1.165, 1.54) is 12.8 Å². The second kappa shape index (κ2) is 5.13. The summed E-state index contributed by atoms with van der Waals surface area (Å²) in [6, 6.07) is 5.40. The summed E-state index contributed by atoms with van der Waals surface area (Å²) in [5.41, 5.74) is 6.93. The molecule has 4 nitrogen and oxygen atoms in total. The molecule has 1 aliphatic heterocycles. The second-order valence-corrected chi connectivity index (χ2v) is 6.23. The molecule has 3 rings (SSSR count). The Bertz CT molecular complexity index is 482. The van der Waals surface area contributed by atoms with E-state index in [0.29, 0.717) is 17.2 Å². The molecule has 1 heterocycles. The normalized spacial score (nSPS) is 26.4. The van der Waals surface area contributed by atoms with Crippen molar-refractivity contribution < 1.29 is 9.53 Å². The van der Waals surface area contributed by atoms with Crippen molar-refractivity contribution in [3.8, 4) is 0 Å². The topological polar surface area (TPSA) is 64.4 Å². The molecule has 2 atom stereocenters. The fourth-order valence-corrected chi connectivity index (χ4v) is 3.16. The van der Waals surface area contributed by atoms with Crippen LogP contribution < -0.4 is 11.1 Å². The van der Waals surface area contributed by atoms with Crippen LogP contribution in [0.2, 0.25) is 0 Å². The van der Waals surface area contributed by atoms with Crippen molar-refractivity contribution in [2.45, 2.75) is 31.4 Å². The standard InChI is InChI=1S/C14H17BrN2O2/c15-10-5-9(6-11(16)7-10)14(18)17-12-3-4-19-13(12)8-1-2-8/h5-8,12-13H,1-4,16H2,(H,17,18). The number of rotatable bonds is 3. The molecule has 19 heavy (non-hydrogen) atoms. The van der Waals surface area contributed by atoms with Gasteiger partial charge in [0.25, 0.3) is 5.91 Å². The number of hydrogen-bond donors (Lipinski definition) is 2. The predicted molar refractivity (Wildman–Crippen MR) is 76.9 cm³/mol. The largest absolute Gasteiger partial charge is 0.399 e. The third kappa shape index (κ3) is 2.92. The molecule has 5 heteroatoms. The zero-order valence-electron chi connectivity index (χ0n) is 10.6. The van der Waals surface area contributed by atoms with Gasteiger partial charge in [0.1, 0.15) is 0 Å². The first-order valence-corrected chi connectivity index (χ1v) is 7.41. The monoisotopic (exact) mass is 324 g/mol. The molecule has 0 aromatic heterocycles. The average molecular weight is 325 g/mol. The fourth-order valence-electron chi connectivity index (χ4n) is 2.65. The molecular weight excluding hydrogens is 308 g/mol. The fraction of sp³-hybridized carbons (Fsp3) is 0.500. The van der Waals surface area contributed by atoms with Crippen LogP contribution in [0.3, 0.4) is 0 Å². The molecule has 0 radical (unpaired) electrons. The first-order valence-electron chi connectivity index (χ1n) is 6.62.